The average molecular weight is 1450 g/mol. The van der Waals surface area contributed by atoms with Gasteiger partial charge in [0.2, 0.25) is 11.8 Å². The minimum absolute atomic E-state index is 0.230. The molecule has 3 heterocycles. The molecule has 3 aliphatic rings. The van der Waals surface area contributed by atoms with Crippen LogP contribution in [0.5, 0.6) is 0 Å². The van der Waals surface area contributed by atoms with E-state index in [2.05, 4.69) is 24.5 Å². The number of aliphatic hydroxyl groups excluding tert-OH is 11. The Hall–Kier alpha value is -2.27. The van der Waals surface area contributed by atoms with Gasteiger partial charge in [0.15, 0.2) is 12.6 Å². The molecule has 0 spiro atoms. The highest BCUT2D eigenvalue weighted by Crippen LogP contribution is 2.39. The van der Waals surface area contributed by atoms with Crippen LogP contribution < -0.4 is 10.6 Å². The number of carboxylic acid groups (broad SMARTS) is 1. The molecule has 18 atom stereocenters. The topological polar surface area (TPSA) is 373 Å². The van der Waals surface area contributed by atoms with Crippen LogP contribution in [0.1, 0.15) is 342 Å². The van der Waals surface area contributed by atoms with Gasteiger partial charge in [-0.3, -0.25) is 9.59 Å². The summed E-state index contributed by atoms with van der Waals surface area (Å²) < 4.78 is 34.9. The van der Waals surface area contributed by atoms with Crippen molar-refractivity contribution in [2.24, 2.45) is 0 Å². The summed E-state index contributed by atoms with van der Waals surface area (Å²) in [7, 11) is 0. The molecule has 101 heavy (non-hydrogen) atoms. The van der Waals surface area contributed by atoms with Crippen molar-refractivity contribution in [2.75, 3.05) is 26.4 Å². The monoisotopic (exact) mass is 1450 g/mol. The van der Waals surface area contributed by atoms with Gasteiger partial charge in [0, 0.05) is 19.8 Å². The molecule has 596 valence electrons. The molecule has 3 aliphatic heterocycles. The predicted octanol–water partition coefficient (Wildman–Crippen LogP) is 10.8. The molecule has 0 bridgehead atoms. The third-order valence-corrected chi connectivity index (χ3v) is 21.1. The van der Waals surface area contributed by atoms with E-state index in [1.165, 1.54) is 244 Å². The van der Waals surface area contributed by atoms with Gasteiger partial charge in [0.1, 0.15) is 67.1 Å². The molecule has 18 unspecified atom stereocenters. The second-order valence-corrected chi connectivity index (χ2v) is 30.0. The number of carbonyl (C=O) groups excluding carboxylic acids is 2. The lowest BCUT2D eigenvalue weighted by molar-refractivity contribution is -0.386. The number of hydrogen-bond acceptors (Lipinski definition) is 20. The van der Waals surface area contributed by atoms with Crippen molar-refractivity contribution in [3.8, 4) is 0 Å². The fourth-order valence-electron chi connectivity index (χ4n) is 14.6. The predicted molar refractivity (Wildman–Crippen MR) is 389 cm³/mol. The zero-order chi connectivity index (χ0) is 73.9. The Kier molecular flexibility index (Phi) is 53.2. The van der Waals surface area contributed by atoms with Crippen molar-refractivity contribution < 1.29 is 104 Å². The van der Waals surface area contributed by atoms with E-state index in [0.29, 0.717) is 19.3 Å². The molecule has 0 radical (unpaired) electrons. The quantitative estimate of drug-likeness (QED) is 0.0252. The number of aliphatic carboxylic acids is 1. The minimum Gasteiger partial charge on any atom is -0.477 e. The van der Waals surface area contributed by atoms with E-state index in [0.717, 1.165) is 51.9 Å². The fourth-order valence-corrected chi connectivity index (χ4v) is 14.6. The lowest BCUT2D eigenvalue weighted by Crippen LogP contribution is -2.70. The Morgan fingerprint density at radius 1 is 0.475 bits per heavy atom. The second-order valence-electron chi connectivity index (χ2n) is 30.0. The van der Waals surface area contributed by atoms with Crippen LogP contribution in [0.4, 0.5) is 0 Å². The number of rotatable bonds is 65. The summed E-state index contributed by atoms with van der Waals surface area (Å²) in [6.45, 7) is 2.25. The summed E-state index contributed by atoms with van der Waals surface area (Å²) >= 11 is 0. The van der Waals surface area contributed by atoms with E-state index in [1.807, 2.05) is 0 Å². The molecule has 0 saturated carbocycles. The summed E-state index contributed by atoms with van der Waals surface area (Å²) in [5.74, 6) is -6.09. The summed E-state index contributed by atoms with van der Waals surface area (Å²) in [5, 5.41) is 136. The Labute approximate surface area is 608 Å². The average Bonchev–Trinajstić information content (AvgIpc) is 0.756. The number of carboxylic acids is 1. The van der Waals surface area contributed by atoms with Gasteiger partial charge in [-0.15, -0.1) is 0 Å². The maximum Gasteiger partial charge on any atom is 0.364 e. The summed E-state index contributed by atoms with van der Waals surface area (Å²) in [5.41, 5.74) is 0. The fraction of sp³-hybridized carbons (Fsp3) is 0.962. The first-order chi connectivity index (χ1) is 48.9. The van der Waals surface area contributed by atoms with Crippen LogP contribution in [0.15, 0.2) is 0 Å². The molecule has 14 N–H and O–H groups in total. The summed E-state index contributed by atoms with van der Waals surface area (Å²) in [6.07, 6.45) is 31.3. The third kappa shape index (κ3) is 38.4. The van der Waals surface area contributed by atoms with Crippen LogP contribution in [0.2, 0.25) is 0 Å². The lowest BCUT2D eigenvalue weighted by Gasteiger charge is -2.50. The first kappa shape index (κ1) is 92.9. The number of hydrogen-bond donors (Lipinski definition) is 14. The summed E-state index contributed by atoms with van der Waals surface area (Å²) in [4.78, 5) is 38.7. The van der Waals surface area contributed by atoms with Crippen LogP contribution in [-0.4, -0.2) is 215 Å². The highest BCUT2D eigenvalue weighted by molar-refractivity contribution is 5.77. The van der Waals surface area contributed by atoms with Gasteiger partial charge in [-0.2, -0.15) is 0 Å². The van der Waals surface area contributed by atoms with E-state index in [4.69, 9.17) is 28.4 Å². The second kappa shape index (κ2) is 57.8. The number of unbranched alkanes of at least 4 members (excludes halogenated alkanes) is 45. The Bertz CT molecular complexity index is 2020. The molecule has 0 aromatic rings. The Balaban J connectivity index is 1.44. The Morgan fingerprint density at radius 2 is 0.861 bits per heavy atom. The van der Waals surface area contributed by atoms with Crippen molar-refractivity contribution in [3.05, 3.63) is 0 Å². The molecule has 0 aromatic carbocycles. The van der Waals surface area contributed by atoms with E-state index in [9.17, 15) is 75.7 Å². The molecule has 23 nitrogen and oxygen atoms in total. The highest BCUT2D eigenvalue weighted by atomic mass is 16.8. The number of nitrogens with one attached hydrogen (secondary N) is 2. The maximum atomic E-state index is 13.5. The van der Waals surface area contributed by atoms with Gasteiger partial charge in [-0.1, -0.05) is 309 Å². The molecule has 0 aliphatic carbocycles. The zero-order valence-corrected chi connectivity index (χ0v) is 63.0. The summed E-state index contributed by atoms with van der Waals surface area (Å²) in [6, 6.07) is -2.52. The van der Waals surface area contributed by atoms with Gasteiger partial charge in [-0.25, -0.2) is 4.79 Å². The molecule has 0 aromatic heterocycles. The molecule has 3 saturated heterocycles. The van der Waals surface area contributed by atoms with E-state index >= 15 is 0 Å². The lowest BCUT2D eigenvalue weighted by atomic mass is 9.88. The van der Waals surface area contributed by atoms with Gasteiger partial charge < -0.3 is 100 Å². The van der Waals surface area contributed by atoms with Crippen LogP contribution in [0.3, 0.4) is 0 Å². The van der Waals surface area contributed by atoms with Gasteiger partial charge in [-0.05, 0) is 12.8 Å². The van der Waals surface area contributed by atoms with Crippen molar-refractivity contribution in [2.45, 2.75) is 452 Å². The van der Waals surface area contributed by atoms with Crippen LogP contribution in [-0.2, 0) is 42.8 Å². The SMILES string of the molecule is CCCCCCCCCCCCCCCCCCCCCCCCCCCCCCCCCCCC(=O)NC(COC1OC(CO)C(OC2OC(CO)C(O)C(OC3(C(=O)O)CC(O)C(NC(C)=O)C(C(O)C(O)CO)O3)C2O)C(O)C1O)C(O)CCCCCCCCCCCCCCCC. The molecule has 3 rings (SSSR count). The van der Waals surface area contributed by atoms with Gasteiger partial charge in [0.25, 0.3) is 5.79 Å². The Morgan fingerprint density at radius 3 is 1.24 bits per heavy atom. The largest absolute Gasteiger partial charge is 0.477 e. The van der Waals surface area contributed by atoms with Gasteiger partial charge >= 0.3 is 5.97 Å². The number of aliphatic hydroxyl groups is 11. The van der Waals surface area contributed by atoms with Crippen molar-refractivity contribution in [1.82, 2.24) is 10.6 Å². The van der Waals surface area contributed by atoms with Crippen molar-refractivity contribution in [3.63, 3.8) is 0 Å². The molecule has 2 amide bonds. The third-order valence-electron chi connectivity index (χ3n) is 21.1. The first-order valence-electron chi connectivity index (χ1n) is 40.9. The standard InChI is InChI=1S/C78H148N2O21/c1-4-6-8-10-12-14-16-18-20-21-22-23-24-25-26-27-28-29-30-31-32-33-34-35-36-37-38-40-42-44-46-48-50-52-65(88)80-59(60(85)51-49-47-45-43-41-39-19-17-15-13-11-9-7-5-2)57-96-75-70(92)69(91)72(64(56-83)98-75)99-76-71(93)74(68(90)63(55-82)97-76)101-78(77(94)95)53-61(86)66(79-58(3)84)73(100-78)67(89)62(87)54-81/h59-64,66-76,81-83,85-87,89-93H,4-57H2,1-3H3,(H,79,84)(H,80,88)(H,94,95). The first-order valence-corrected chi connectivity index (χ1v) is 40.9. The molecular formula is C78H148N2O21. The molecule has 23 heteroatoms. The van der Waals surface area contributed by atoms with E-state index in [-0.39, 0.29) is 18.9 Å². The highest BCUT2D eigenvalue weighted by Gasteiger charge is 2.60. The number of amides is 2. The smallest absolute Gasteiger partial charge is 0.364 e. The molecule has 3 fully saturated rings. The molecular weight excluding hydrogens is 1300 g/mol. The number of carbonyl (C=O) groups is 3. The number of ether oxygens (including phenoxy) is 6. The normalized spacial score (nSPS) is 26.7. The maximum absolute atomic E-state index is 13.5. The van der Waals surface area contributed by atoms with Crippen molar-refractivity contribution >= 4 is 17.8 Å². The van der Waals surface area contributed by atoms with Crippen LogP contribution in [0.25, 0.3) is 0 Å². The van der Waals surface area contributed by atoms with Crippen molar-refractivity contribution in [1.29, 1.82) is 0 Å². The van der Waals surface area contributed by atoms with Crippen LogP contribution >= 0.6 is 0 Å². The van der Waals surface area contributed by atoms with Gasteiger partial charge in [0.05, 0.1) is 50.7 Å². The van der Waals surface area contributed by atoms with Crippen LogP contribution in [0, 0.1) is 0 Å². The zero-order valence-electron chi connectivity index (χ0n) is 63.0. The minimum atomic E-state index is -3.08. The van der Waals surface area contributed by atoms with E-state index in [1.54, 1.807) is 0 Å². The van der Waals surface area contributed by atoms with E-state index < -0.39 is 148 Å².